The molecule has 3 atom stereocenters. The molecule has 1 unspecified atom stereocenters. The van der Waals surface area contributed by atoms with Gasteiger partial charge in [-0.25, -0.2) is 4.57 Å². The minimum atomic E-state index is -4.03. The molecule has 1 fully saturated rings. The summed E-state index contributed by atoms with van der Waals surface area (Å²) < 4.78 is 33.5. The molecule has 1 N–H and O–H groups in total. The predicted octanol–water partition coefficient (Wildman–Crippen LogP) is 7.56. The first-order valence-corrected chi connectivity index (χ1v) is 15.6. The first-order valence-electron chi connectivity index (χ1n) is 13.0. The normalized spacial score (nSPS) is 21.0. The number of phosphoric ester groups is 1. The number of phosphoric acid groups is 1. The zero-order valence-electron chi connectivity index (χ0n) is 20.3. The van der Waals surface area contributed by atoms with E-state index in [0.717, 1.165) is 19.3 Å². The fourth-order valence-corrected chi connectivity index (χ4v) is 5.19. The van der Waals surface area contributed by atoms with Crippen molar-refractivity contribution in [3.63, 3.8) is 0 Å². The SMILES string of the molecule is CCCCCCCCCCCCCCCCO[C@H]1CCCO[C@H]1COP(=O)(O)OCCBr. The topological polar surface area (TPSA) is 74.2 Å². The Hall–Kier alpha value is 0.510. The summed E-state index contributed by atoms with van der Waals surface area (Å²) in [4.78, 5) is 9.67. The molecule has 192 valence electrons. The number of unbranched alkanes of at least 4 members (excludes halogenated alkanes) is 13. The lowest BCUT2D eigenvalue weighted by Crippen LogP contribution is -2.39. The van der Waals surface area contributed by atoms with Crippen LogP contribution in [0.2, 0.25) is 0 Å². The summed E-state index contributed by atoms with van der Waals surface area (Å²) in [5.74, 6) is 0. The second-order valence-corrected chi connectivity index (χ2v) is 11.1. The Morgan fingerprint density at radius 1 is 0.875 bits per heavy atom. The molecule has 6 nitrogen and oxygen atoms in total. The van der Waals surface area contributed by atoms with Gasteiger partial charge in [0, 0.05) is 18.5 Å². The summed E-state index contributed by atoms with van der Waals surface area (Å²) in [7, 11) is -4.03. The summed E-state index contributed by atoms with van der Waals surface area (Å²) in [6.45, 7) is 3.75. The van der Waals surface area contributed by atoms with Gasteiger partial charge in [-0.05, 0) is 19.3 Å². The summed E-state index contributed by atoms with van der Waals surface area (Å²) >= 11 is 3.16. The van der Waals surface area contributed by atoms with E-state index in [1.165, 1.54) is 83.5 Å². The van der Waals surface area contributed by atoms with Gasteiger partial charge in [-0.2, -0.15) is 0 Å². The van der Waals surface area contributed by atoms with Crippen molar-refractivity contribution in [3.8, 4) is 0 Å². The Labute approximate surface area is 205 Å². The molecule has 1 aliphatic heterocycles. The van der Waals surface area contributed by atoms with Gasteiger partial charge in [0.1, 0.15) is 6.10 Å². The highest BCUT2D eigenvalue weighted by Gasteiger charge is 2.30. The summed E-state index contributed by atoms with van der Waals surface area (Å²) in [6, 6.07) is 0. The standard InChI is InChI=1S/C24H48BrO6P/c1-2-3-4-5-6-7-8-9-10-11-12-13-14-15-19-28-23-17-16-20-29-24(23)22-31-32(26,27)30-21-18-25/h23-24H,2-22H2,1H3,(H,26,27)/t23-,24-/m0/s1. The van der Waals surface area contributed by atoms with Crippen molar-refractivity contribution in [2.45, 2.75) is 122 Å². The summed E-state index contributed by atoms with van der Waals surface area (Å²) in [5, 5.41) is 0.478. The van der Waals surface area contributed by atoms with Gasteiger partial charge in [0.05, 0.1) is 19.3 Å². The molecule has 32 heavy (non-hydrogen) atoms. The number of hydrogen-bond acceptors (Lipinski definition) is 5. The van der Waals surface area contributed by atoms with Gasteiger partial charge in [-0.1, -0.05) is 106 Å². The number of hydrogen-bond donors (Lipinski definition) is 1. The highest BCUT2D eigenvalue weighted by molar-refractivity contribution is 9.09. The van der Waals surface area contributed by atoms with E-state index in [2.05, 4.69) is 22.9 Å². The minimum absolute atomic E-state index is 0.0134. The average molecular weight is 544 g/mol. The molecule has 0 aromatic heterocycles. The third-order valence-electron chi connectivity index (χ3n) is 5.94. The average Bonchev–Trinajstić information content (AvgIpc) is 2.79. The van der Waals surface area contributed by atoms with Gasteiger partial charge in [0.25, 0.3) is 0 Å². The van der Waals surface area contributed by atoms with Crippen LogP contribution in [0, 0.1) is 0 Å². The van der Waals surface area contributed by atoms with Gasteiger partial charge in [-0.3, -0.25) is 9.05 Å². The highest BCUT2D eigenvalue weighted by atomic mass is 79.9. The van der Waals surface area contributed by atoms with Crippen molar-refractivity contribution in [1.82, 2.24) is 0 Å². The van der Waals surface area contributed by atoms with E-state index < -0.39 is 7.82 Å². The summed E-state index contributed by atoms with van der Waals surface area (Å²) in [5.41, 5.74) is 0. The molecule has 0 saturated carbocycles. The molecule has 1 aliphatic rings. The Morgan fingerprint density at radius 3 is 2.00 bits per heavy atom. The Kier molecular flexibility index (Phi) is 19.9. The van der Waals surface area contributed by atoms with Gasteiger partial charge in [-0.15, -0.1) is 0 Å². The zero-order valence-corrected chi connectivity index (χ0v) is 22.8. The maximum Gasteiger partial charge on any atom is 0.472 e. The van der Waals surface area contributed by atoms with E-state index in [1.54, 1.807) is 0 Å². The molecular formula is C24H48BrO6P. The lowest BCUT2D eigenvalue weighted by Gasteiger charge is -2.31. The van der Waals surface area contributed by atoms with E-state index in [9.17, 15) is 9.46 Å². The lowest BCUT2D eigenvalue weighted by molar-refractivity contribution is -0.121. The number of ether oxygens (including phenoxy) is 2. The van der Waals surface area contributed by atoms with Crippen LogP contribution in [0.3, 0.4) is 0 Å². The van der Waals surface area contributed by atoms with Gasteiger partial charge in [0.2, 0.25) is 0 Å². The lowest BCUT2D eigenvalue weighted by atomic mass is 10.0. The van der Waals surface area contributed by atoms with E-state index in [0.29, 0.717) is 18.5 Å². The van der Waals surface area contributed by atoms with Gasteiger partial charge in [0.15, 0.2) is 0 Å². The van der Waals surface area contributed by atoms with Crippen LogP contribution in [0.15, 0.2) is 0 Å². The largest absolute Gasteiger partial charge is 0.472 e. The van der Waals surface area contributed by atoms with E-state index in [-0.39, 0.29) is 25.4 Å². The van der Waals surface area contributed by atoms with Crippen LogP contribution in [0.1, 0.15) is 110 Å². The predicted molar refractivity (Wildman–Crippen MR) is 135 cm³/mol. The molecule has 0 aromatic carbocycles. The van der Waals surface area contributed by atoms with Crippen molar-refractivity contribution in [2.24, 2.45) is 0 Å². The van der Waals surface area contributed by atoms with Crippen molar-refractivity contribution < 1.29 is 28.0 Å². The van der Waals surface area contributed by atoms with E-state index in [1.807, 2.05) is 0 Å². The van der Waals surface area contributed by atoms with E-state index in [4.69, 9.17) is 18.5 Å². The van der Waals surface area contributed by atoms with Crippen LogP contribution >= 0.6 is 23.8 Å². The van der Waals surface area contributed by atoms with Crippen molar-refractivity contribution in [3.05, 3.63) is 0 Å². The third-order valence-corrected chi connectivity index (χ3v) is 7.25. The molecule has 8 heteroatoms. The van der Waals surface area contributed by atoms with Crippen molar-refractivity contribution in [2.75, 3.05) is 31.8 Å². The Morgan fingerprint density at radius 2 is 1.44 bits per heavy atom. The van der Waals surface area contributed by atoms with Gasteiger partial charge < -0.3 is 14.4 Å². The second-order valence-electron chi connectivity index (χ2n) is 8.84. The third kappa shape index (κ3) is 17.0. The zero-order chi connectivity index (χ0) is 23.3. The molecule has 1 rings (SSSR count). The maximum absolute atomic E-state index is 11.8. The first-order chi connectivity index (χ1) is 15.6. The van der Waals surface area contributed by atoms with Crippen LogP contribution in [0.5, 0.6) is 0 Å². The van der Waals surface area contributed by atoms with Crippen LogP contribution < -0.4 is 0 Å². The summed E-state index contributed by atoms with van der Waals surface area (Å²) in [6.07, 6.45) is 20.2. The molecule has 0 radical (unpaired) electrons. The van der Waals surface area contributed by atoms with Crippen LogP contribution in [0.25, 0.3) is 0 Å². The maximum atomic E-state index is 11.8. The fraction of sp³-hybridized carbons (Fsp3) is 1.00. The number of alkyl halides is 1. The fourth-order valence-electron chi connectivity index (χ4n) is 4.04. The molecule has 1 saturated heterocycles. The van der Waals surface area contributed by atoms with Crippen LogP contribution in [-0.2, 0) is 23.1 Å². The van der Waals surface area contributed by atoms with E-state index >= 15 is 0 Å². The Bertz CT molecular complexity index is 468. The van der Waals surface area contributed by atoms with Crippen LogP contribution in [0.4, 0.5) is 0 Å². The number of halogens is 1. The monoisotopic (exact) mass is 542 g/mol. The molecule has 0 aromatic rings. The highest BCUT2D eigenvalue weighted by Crippen LogP contribution is 2.43. The minimum Gasteiger partial charge on any atom is -0.375 e. The molecule has 1 heterocycles. The molecule has 0 bridgehead atoms. The molecule has 0 spiro atoms. The second kappa shape index (κ2) is 20.8. The van der Waals surface area contributed by atoms with Crippen LogP contribution in [-0.4, -0.2) is 48.9 Å². The molecule has 0 amide bonds. The first kappa shape index (κ1) is 30.5. The quantitative estimate of drug-likeness (QED) is 0.0863. The number of rotatable bonds is 22. The van der Waals surface area contributed by atoms with Gasteiger partial charge >= 0.3 is 7.82 Å². The Balaban J connectivity index is 1.98. The molecular weight excluding hydrogens is 495 g/mol. The smallest absolute Gasteiger partial charge is 0.375 e. The van der Waals surface area contributed by atoms with Crippen molar-refractivity contribution >= 4 is 23.8 Å². The van der Waals surface area contributed by atoms with Crippen molar-refractivity contribution in [1.29, 1.82) is 0 Å². The molecule has 0 aliphatic carbocycles.